The molecule has 3 aromatic carbocycles. The van der Waals surface area contributed by atoms with Gasteiger partial charge >= 0.3 is 5.97 Å². The molecule has 0 aliphatic carbocycles. The number of rotatable bonds is 6. The Kier molecular flexibility index (Phi) is 5.60. The molecule has 0 saturated heterocycles. The molecule has 0 aliphatic rings. The van der Waals surface area contributed by atoms with Gasteiger partial charge in [-0.15, -0.1) is 0 Å². The van der Waals surface area contributed by atoms with Gasteiger partial charge in [0.2, 0.25) is 0 Å². The molecule has 6 nitrogen and oxygen atoms in total. The molecule has 0 aromatic heterocycles. The van der Waals surface area contributed by atoms with Crippen molar-refractivity contribution in [3.63, 3.8) is 0 Å². The van der Waals surface area contributed by atoms with E-state index in [0.29, 0.717) is 23.5 Å². The quantitative estimate of drug-likeness (QED) is 0.559. The van der Waals surface area contributed by atoms with Crippen LogP contribution in [0.15, 0.2) is 66.7 Å². The van der Waals surface area contributed by atoms with Gasteiger partial charge < -0.3 is 20.3 Å². The van der Waals surface area contributed by atoms with Crippen LogP contribution in [0.2, 0.25) is 0 Å². The van der Waals surface area contributed by atoms with E-state index in [0.717, 1.165) is 5.56 Å². The Morgan fingerprint density at radius 2 is 1.75 bits per heavy atom. The number of amides is 1. The number of aromatic carboxylic acids is 1. The van der Waals surface area contributed by atoms with E-state index in [1.54, 1.807) is 31.2 Å². The summed E-state index contributed by atoms with van der Waals surface area (Å²) in [5.41, 5.74) is 1.75. The lowest BCUT2D eigenvalue weighted by molar-refractivity contribution is 0.0693. The zero-order valence-electron chi connectivity index (χ0n) is 15.2. The number of benzene rings is 3. The van der Waals surface area contributed by atoms with Crippen molar-refractivity contribution in [1.29, 1.82) is 0 Å². The lowest BCUT2D eigenvalue weighted by atomic mass is 10.1. The van der Waals surface area contributed by atoms with E-state index in [9.17, 15) is 14.7 Å². The fourth-order valence-electron chi connectivity index (χ4n) is 2.69. The minimum Gasteiger partial charge on any atom is -0.507 e. The van der Waals surface area contributed by atoms with Crippen LogP contribution in [0.1, 0.15) is 31.8 Å². The number of anilines is 1. The number of hydrogen-bond acceptors (Lipinski definition) is 4. The smallest absolute Gasteiger partial charge is 0.339 e. The van der Waals surface area contributed by atoms with Gasteiger partial charge in [-0.1, -0.05) is 36.4 Å². The monoisotopic (exact) mass is 377 g/mol. The highest BCUT2D eigenvalue weighted by atomic mass is 16.5. The molecule has 0 saturated carbocycles. The number of nitrogens with one attached hydrogen (secondary N) is 1. The average molecular weight is 377 g/mol. The first kappa shape index (κ1) is 19.0. The van der Waals surface area contributed by atoms with Crippen LogP contribution in [-0.4, -0.2) is 22.1 Å². The Balaban J connectivity index is 1.74. The molecule has 0 heterocycles. The van der Waals surface area contributed by atoms with E-state index in [1.807, 2.05) is 30.3 Å². The molecule has 28 heavy (non-hydrogen) atoms. The van der Waals surface area contributed by atoms with Crippen molar-refractivity contribution in [2.75, 3.05) is 5.32 Å². The number of aryl methyl sites for hydroxylation is 1. The second-order valence-corrected chi connectivity index (χ2v) is 6.25. The van der Waals surface area contributed by atoms with Gasteiger partial charge in [0, 0.05) is 11.3 Å². The molecule has 0 spiro atoms. The van der Waals surface area contributed by atoms with Crippen molar-refractivity contribution in [2.45, 2.75) is 13.5 Å². The molecular weight excluding hydrogens is 358 g/mol. The summed E-state index contributed by atoms with van der Waals surface area (Å²) in [6, 6.07) is 19.1. The Labute approximate surface area is 162 Å². The van der Waals surface area contributed by atoms with Crippen molar-refractivity contribution in [1.82, 2.24) is 0 Å². The van der Waals surface area contributed by atoms with Crippen LogP contribution in [0, 0.1) is 6.92 Å². The maximum atomic E-state index is 12.5. The summed E-state index contributed by atoms with van der Waals surface area (Å²) >= 11 is 0. The lowest BCUT2D eigenvalue weighted by Crippen LogP contribution is -2.13. The van der Waals surface area contributed by atoms with Crippen LogP contribution in [-0.2, 0) is 6.61 Å². The van der Waals surface area contributed by atoms with Gasteiger partial charge in [-0.3, -0.25) is 4.79 Å². The van der Waals surface area contributed by atoms with E-state index < -0.39 is 11.9 Å². The third-order valence-electron chi connectivity index (χ3n) is 4.13. The molecular formula is C22H19NO5. The van der Waals surface area contributed by atoms with E-state index in [1.165, 1.54) is 12.1 Å². The van der Waals surface area contributed by atoms with Gasteiger partial charge in [-0.05, 0) is 48.4 Å². The van der Waals surface area contributed by atoms with Gasteiger partial charge in [0.25, 0.3) is 5.91 Å². The normalized spacial score (nSPS) is 10.3. The van der Waals surface area contributed by atoms with Crippen LogP contribution in [0.25, 0.3) is 0 Å². The zero-order valence-corrected chi connectivity index (χ0v) is 15.2. The molecule has 0 aliphatic heterocycles. The zero-order chi connectivity index (χ0) is 20.1. The van der Waals surface area contributed by atoms with E-state index in [-0.39, 0.29) is 17.0 Å². The number of carboxylic acids is 1. The van der Waals surface area contributed by atoms with Crippen molar-refractivity contribution >= 4 is 17.6 Å². The maximum Gasteiger partial charge on any atom is 0.339 e. The molecule has 0 fully saturated rings. The number of phenols is 1. The Morgan fingerprint density at radius 3 is 2.46 bits per heavy atom. The predicted molar refractivity (Wildman–Crippen MR) is 105 cm³/mol. The molecule has 3 N–H and O–H groups in total. The topological polar surface area (TPSA) is 95.9 Å². The van der Waals surface area contributed by atoms with Gasteiger partial charge in [-0.2, -0.15) is 0 Å². The Hall–Kier alpha value is -3.80. The SMILES string of the molecule is Cc1cc(NC(=O)c2cccc(OCc3ccccc3)c2)cc(C(=O)O)c1O. The van der Waals surface area contributed by atoms with Crippen LogP contribution in [0.4, 0.5) is 5.69 Å². The van der Waals surface area contributed by atoms with E-state index >= 15 is 0 Å². The van der Waals surface area contributed by atoms with Gasteiger partial charge in [-0.25, -0.2) is 4.79 Å². The Morgan fingerprint density at radius 1 is 1.00 bits per heavy atom. The molecule has 0 atom stereocenters. The number of hydrogen-bond donors (Lipinski definition) is 3. The van der Waals surface area contributed by atoms with E-state index in [4.69, 9.17) is 9.84 Å². The standard InChI is InChI=1S/C22H19NO5/c1-14-10-17(12-19(20(14)24)22(26)27)23-21(25)16-8-5-9-18(11-16)28-13-15-6-3-2-4-7-15/h2-12,24H,13H2,1H3,(H,23,25)(H,26,27). The highest BCUT2D eigenvalue weighted by molar-refractivity contribution is 6.05. The third kappa shape index (κ3) is 4.48. The average Bonchev–Trinajstić information content (AvgIpc) is 2.69. The molecule has 3 aromatic rings. The number of carboxylic acid groups (broad SMARTS) is 1. The highest BCUT2D eigenvalue weighted by Crippen LogP contribution is 2.27. The first-order valence-electron chi connectivity index (χ1n) is 8.59. The third-order valence-corrected chi connectivity index (χ3v) is 4.13. The largest absolute Gasteiger partial charge is 0.507 e. The van der Waals surface area contributed by atoms with Crippen molar-refractivity contribution < 1.29 is 24.5 Å². The van der Waals surface area contributed by atoms with Gasteiger partial charge in [0.15, 0.2) is 0 Å². The van der Waals surface area contributed by atoms with Crippen LogP contribution in [0.5, 0.6) is 11.5 Å². The van der Waals surface area contributed by atoms with Crippen molar-refractivity contribution in [2.24, 2.45) is 0 Å². The molecule has 6 heteroatoms. The molecule has 0 bridgehead atoms. The summed E-state index contributed by atoms with van der Waals surface area (Å²) in [5.74, 6) is -1.45. The van der Waals surface area contributed by atoms with Crippen LogP contribution in [0.3, 0.4) is 0 Å². The number of ether oxygens (including phenoxy) is 1. The summed E-state index contributed by atoms with van der Waals surface area (Å²) in [6.07, 6.45) is 0. The number of carbonyl (C=O) groups is 2. The predicted octanol–water partition coefficient (Wildman–Crippen LogP) is 4.23. The fourth-order valence-corrected chi connectivity index (χ4v) is 2.69. The Bertz CT molecular complexity index is 1010. The summed E-state index contributed by atoms with van der Waals surface area (Å²) in [5, 5.41) is 21.6. The van der Waals surface area contributed by atoms with Gasteiger partial charge in [0.05, 0.1) is 0 Å². The second-order valence-electron chi connectivity index (χ2n) is 6.25. The first-order chi connectivity index (χ1) is 13.4. The van der Waals surface area contributed by atoms with Crippen LogP contribution < -0.4 is 10.1 Å². The lowest BCUT2D eigenvalue weighted by Gasteiger charge is -2.11. The fraction of sp³-hybridized carbons (Fsp3) is 0.0909. The molecule has 1 amide bonds. The molecule has 3 rings (SSSR count). The van der Waals surface area contributed by atoms with E-state index in [2.05, 4.69) is 5.32 Å². The summed E-state index contributed by atoms with van der Waals surface area (Å²) in [6.45, 7) is 1.94. The minimum absolute atomic E-state index is 0.268. The van der Waals surface area contributed by atoms with Crippen molar-refractivity contribution in [3.8, 4) is 11.5 Å². The highest BCUT2D eigenvalue weighted by Gasteiger charge is 2.15. The number of aromatic hydroxyl groups is 1. The first-order valence-corrected chi connectivity index (χ1v) is 8.59. The maximum absolute atomic E-state index is 12.5. The summed E-state index contributed by atoms with van der Waals surface area (Å²) in [7, 11) is 0. The summed E-state index contributed by atoms with van der Waals surface area (Å²) in [4.78, 5) is 23.8. The number of carbonyl (C=O) groups excluding carboxylic acids is 1. The second kappa shape index (κ2) is 8.26. The molecule has 0 radical (unpaired) electrons. The minimum atomic E-state index is -1.27. The molecule has 142 valence electrons. The summed E-state index contributed by atoms with van der Waals surface area (Å²) < 4.78 is 5.73. The molecule has 0 unspecified atom stereocenters. The van der Waals surface area contributed by atoms with Crippen molar-refractivity contribution in [3.05, 3.63) is 89.0 Å². The van der Waals surface area contributed by atoms with Crippen LogP contribution >= 0.6 is 0 Å². The van der Waals surface area contributed by atoms with Gasteiger partial charge in [0.1, 0.15) is 23.7 Å².